The van der Waals surface area contributed by atoms with Crippen molar-refractivity contribution in [1.29, 1.82) is 0 Å². The highest BCUT2D eigenvalue weighted by Crippen LogP contribution is 2.31. The lowest BCUT2D eigenvalue weighted by Crippen LogP contribution is -2.48. The molecule has 9 heteroatoms. The zero-order chi connectivity index (χ0) is 22.3. The maximum atomic E-state index is 13.0. The lowest BCUT2D eigenvalue weighted by molar-refractivity contribution is -0.123. The third-order valence-electron chi connectivity index (χ3n) is 4.22. The van der Waals surface area contributed by atoms with Crippen LogP contribution in [0.3, 0.4) is 0 Å². The molecule has 2 rings (SSSR count). The topological polar surface area (TPSA) is 89.0 Å². The standard InChI is InChI=1S/C21H23BrFN3O4/c1-12(2)19(25-20(27)13-5-7-15(23)8-6-13)21(28)26-24-11-14-9-16(22)18(30-4)10-17(14)29-3/h5-12,19H,1-4H3,(H,25,27)(H,26,28). The van der Waals surface area contributed by atoms with Gasteiger partial charge in [0.05, 0.1) is 24.9 Å². The molecular weight excluding hydrogens is 457 g/mol. The minimum atomic E-state index is -0.829. The normalized spacial score (nSPS) is 12.0. The first kappa shape index (κ1) is 23.3. The molecule has 0 saturated carbocycles. The van der Waals surface area contributed by atoms with Crippen molar-refractivity contribution >= 4 is 34.0 Å². The Hall–Kier alpha value is -2.94. The number of carbonyl (C=O) groups excluding carboxylic acids is 2. The van der Waals surface area contributed by atoms with Crippen molar-refractivity contribution in [1.82, 2.24) is 10.7 Å². The van der Waals surface area contributed by atoms with Crippen LogP contribution in [0.1, 0.15) is 29.8 Å². The number of carbonyl (C=O) groups is 2. The van der Waals surface area contributed by atoms with Crippen LogP contribution in [0.5, 0.6) is 11.5 Å². The Bertz CT molecular complexity index is 933. The van der Waals surface area contributed by atoms with Crippen molar-refractivity contribution in [2.24, 2.45) is 11.0 Å². The van der Waals surface area contributed by atoms with Crippen LogP contribution in [0.4, 0.5) is 4.39 Å². The summed E-state index contributed by atoms with van der Waals surface area (Å²) in [5.74, 6) is -0.500. The summed E-state index contributed by atoms with van der Waals surface area (Å²) in [6, 6.07) is 7.67. The summed E-state index contributed by atoms with van der Waals surface area (Å²) in [7, 11) is 3.05. The maximum Gasteiger partial charge on any atom is 0.262 e. The van der Waals surface area contributed by atoms with Crippen molar-refractivity contribution in [3.05, 3.63) is 57.8 Å². The third-order valence-corrected chi connectivity index (χ3v) is 4.84. The van der Waals surface area contributed by atoms with Gasteiger partial charge in [-0.15, -0.1) is 0 Å². The van der Waals surface area contributed by atoms with E-state index in [4.69, 9.17) is 9.47 Å². The first-order chi connectivity index (χ1) is 14.3. The van der Waals surface area contributed by atoms with Crippen LogP contribution in [0, 0.1) is 11.7 Å². The van der Waals surface area contributed by atoms with Crippen molar-refractivity contribution in [3.8, 4) is 11.5 Å². The monoisotopic (exact) mass is 479 g/mol. The summed E-state index contributed by atoms with van der Waals surface area (Å²) in [4.78, 5) is 24.9. The van der Waals surface area contributed by atoms with Crippen molar-refractivity contribution in [3.63, 3.8) is 0 Å². The summed E-state index contributed by atoms with van der Waals surface area (Å²) in [5.41, 5.74) is 3.30. The molecule has 160 valence electrons. The van der Waals surface area contributed by atoms with E-state index in [2.05, 4.69) is 31.8 Å². The van der Waals surface area contributed by atoms with Crippen molar-refractivity contribution in [2.75, 3.05) is 14.2 Å². The van der Waals surface area contributed by atoms with Gasteiger partial charge in [0, 0.05) is 17.2 Å². The Morgan fingerprint density at radius 3 is 2.30 bits per heavy atom. The fourth-order valence-corrected chi connectivity index (χ4v) is 3.10. The highest BCUT2D eigenvalue weighted by atomic mass is 79.9. The van der Waals surface area contributed by atoms with E-state index in [1.165, 1.54) is 37.6 Å². The molecule has 7 nitrogen and oxygen atoms in total. The van der Waals surface area contributed by atoms with Gasteiger partial charge in [-0.05, 0) is 52.2 Å². The number of halogens is 2. The number of benzene rings is 2. The van der Waals surface area contributed by atoms with Gasteiger partial charge in [-0.25, -0.2) is 9.82 Å². The summed E-state index contributed by atoms with van der Waals surface area (Å²) in [5, 5.41) is 6.63. The molecule has 0 heterocycles. The highest BCUT2D eigenvalue weighted by molar-refractivity contribution is 9.10. The number of nitrogens with zero attached hydrogens (tertiary/aromatic N) is 1. The molecule has 0 aliphatic carbocycles. The molecule has 0 radical (unpaired) electrons. The van der Waals surface area contributed by atoms with Crippen LogP contribution in [0.15, 0.2) is 46.0 Å². The Morgan fingerprint density at radius 1 is 1.10 bits per heavy atom. The summed E-state index contributed by atoms with van der Waals surface area (Å²) < 4.78 is 24.3. The molecule has 0 aromatic heterocycles. The van der Waals surface area contributed by atoms with E-state index in [1.54, 1.807) is 33.1 Å². The smallest absolute Gasteiger partial charge is 0.262 e. The zero-order valence-corrected chi connectivity index (χ0v) is 18.6. The predicted molar refractivity (Wildman–Crippen MR) is 115 cm³/mol. The number of amides is 2. The molecule has 2 N–H and O–H groups in total. The molecule has 1 unspecified atom stereocenters. The van der Waals surface area contributed by atoms with Crippen LogP contribution in [0.25, 0.3) is 0 Å². The lowest BCUT2D eigenvalue weighted by Gasteiger charge is -2.20. The number of hydrazone groups is 1. The van der Waals surface area contributed by atoms with E-state index in [0.29, 0.717) is 21.5 Å². The third kappa shape index (κ3) is 6.03. The predicted octanol–water partition coefficient (Wildman–Crippen LogP) is 3.51. The molecule has 0 spiro atoms. The fraction of sp³-hybridized carbons (Fsp3) is 0.286. The van der Waals surface area contributed by atoms with Crippen LogP contribution < -0.4 is 20.2 Å². The van der Waals surface area contributed by atoms with Gasteiger partial charge >= 0.3 is 0 Å². The van der Waals surface area contributed by atoms with Crippen LogP contribution in [-0.4, -0.2) is 38.3 Å². The number of hydrogen-bond acceptors (Lipinski definition) is 5. The average molecular weight is 480 g/mol. The van der Waals surface area contributed by atoms with Gasteiger partial charge in [-0.1, -0.05) is 13.8 Å². The van der Waals surface area contributed by atoms with Gasteiger partial charge < -0.3 is 14.8 Å². The molecule has 0 aliphatic heterocycles. The quantitative estimate of drug-likeness (QED) is 0.447. The molecule has 0 bridgehead atoms. The minimum absolute atomic E-state index is 0.200. The molecule has 0 fully saturated rings. The lowest BCUT2D eigenvalue weighted by atomic mass is 10.0. The molecule has 2 amide bonds. The largest absolute Gasteiger partial charge is 0.496 e. The fourth-order valence-electron chi connectivity index (χ4n) is 2.58. The van der Waals surface area contributed by atoms with E-state index in [-0.39, 0.29) is 11.5 Å². The Kier molecular flexibility index (Phi) is 8.35. The Labute approximate surface area is 182 Å². The average Bonchev–Trinajstić information content (AvgIpc) is 2.72. The van der Waals surface area contributed by atoms with Gasteiger partial charge in [0.15, 0.2) is 0 Å². The second kappa shape index (κ2) is 10.7. The molecular formula is C21H23BrFN3O4. The Balaban J connectivity index is 2.09. The van der Waals surface area contributed by atoms with Gasteiger partial charge in [0.25, 0.3) is 11.8 Å². The first-order valence-electron chi connectivity index (χ1n) is 9.07. The minimum Gasteiger partial charge on any atom is -0.496 e. The second-order valence-corrected chi connectivity index (χ2v) is 7.52. The zero-order valence-electron chi connectivity index (χ0n) is 17.0. The van der Waals surface area contributed by atoms with Crippen molar-refractivity contribution in [2.45, 2.75) is 19.9 Å². The van der Waals surface area contributed by atoms with Crippen LogP contribution in [-0.2, 0) is 4.79 Å². The van der Waals surface area contributed by atoms with Gasteiger partial charge in [-0.2, -0.15) is 5.10 Å². The number of rotatable bonds is 8. The van der Waals surface area contributed by atoms with Crippen molar-refractivity contribution < 1.29 is 23.5 Å². The molecule has 1 atom stereocenters. The van der Waals surface area contributed by atoms with Crippen LogP contribution >= 0.6 is 15.9 Å². The molecule has 0 saturated heterocycles. The van der Waals surface area contributed by atoms with Gasteiger partial charge in [-0.3, -0.25) is 9.59 Å². The molecule has 0 aliphatic rings. The summed E-state index contributed by atoms with van der Waals surface area (Å²) >= 11 is 3.39. The van der Waals surface area contributed by atoms with Gasteiger partial charge in [0.2, 0.25) is 0 Å². The number of nitrogens with one attached hydrogen (secondary N) is 2. The van der Waals surface area contributed by atoms with Crippen LogP contribution in [0.2, 0.25) is 0 Å². The van der Waals surface area contributed by atoms with E-state index >= 15 is 0 Å². The van der Waals surface area contributed by atoms with E-state index in [1.807, 2.05) is 0 Å². The highest BCUT2D eigenvalue weighted by Gasteiger charge is 2.24. The second-order valence-electron chi connectivity index (χ2n) is 6.67. The number of methoxy groups -OCH3 is 2. The maximum absolute atomic E-state index is 13.0. The van der Waals surface area contributed by atoms with E-state index in [9.17, 15) is 14.0 Å². The summed E-state index contributed by atoms with van der Waals surface area (Å²) in [6.45, 7) is 3.59. The number of ether oxygens (including phenoxy) is 2. The summed E-state index contributed by atoms with van der Waals surface area (Å²) in [6.07, 6.45) is 1.43. The SMILES string of the molecule is COc1cc(OC)c(C=NNC(=O)C(NC(=O)c2ccc(F)cc2)C(C)C)cc1Br. The van der Waals surface area contributed by atoms with E-state index in [0.717, 1.165) is 0 Å². The molecule has 2 aromatic rings. The molecule has 2 aromatic carbocycles. The Morgan fingerprint density at radius 2 is 1.73 bits per heavy atom. The van der Waals surface area contributed by atoms with E-state index < -0.39 is 23.7 Å². The first-order valence-corrected chi connectivity index (χ1v) is 9.87. The number of hydrogen-bond donors (Lipinski definition) is 2. The molecule has 30 heavy (non-hydrogen) atoms. The van der Waals surface area contributed by atoms with Gasteiger partial charge in [0.1, 0.15) is 23.4 Å².